The Morgan fingerprint density at radius 3 is 2.65 bits per heavy atom. The minimum Gasteiger partial charge on any atom is -0.457 e. The molecule has 0 amide bonds. The lowest BCUT2D eigenvalue weighted by Gasteiger charge is -2.12. The highest BCUT2D eigenvalue weighted by Gasteiger charge is 2.12. The molecule has 2 N–H and O–H groups in total. The van der Waals surface area contributed by atoms with Gasteiger partial charge >= 0.3 is 0 Å². The summed E-state index contributed by atoms with van der Waals surface area (Å²) in [6.07, 6.45) is 0. The molecular formula is C14H13ClN2O3. The van der Waals surface area contributed by atoms with Gasteiger partial charge in [0.2, 0.25) is 0 Å². The van der Waals surface area contributed by atoms with Crippen molar-refractivity contribution in [2.75, 3.05) is 0 Å². The molecule has 0 aliphatic rings. The highest BCUT2D eigenvalue weighted by molar-refractivity contribution is 6.31. The molecule has 0 saturated heterocycles. The first-order valence-electron chi connectivity index (χ1n) is 5.93. The van der Waals surface area contributed by atoms with Gasteiger partial charge in [0.25, 0.3) is 5.69 Å². The first kappa shape index (κ1) is 14.3. The molecule has 0 radical (unpaired) electrons. The minimum atomic E-state index is -0.443. The Balaban J connectivity index is 2.36. The number of nitrogens with two attached hydrogens (primary N) is 1. The maximum Gasteiger partial charge on any atom is 0.269 e. The van der Waals surface area contributed by atoms with Gasteiger partial charge in [0.1, 0.15) is 11.5 Å². The van der Waals surface area contributed by atoms with Gasteiger partial charge in [-0.25, -0.2) is 0 Å². The summed E-state index contributed by atoms with van der Waals surface area (Å²) >= 11 is 6.05. The van der Waals surface area contributed by atoms with Crippen molar-refractivity contribution in [3.8, 4) is 11.5 Å². The van der Waals surface area contributed by atoms with E-state index in [0.29, 0.717) is 27.6 Å². The van der Waals surface area contributed by atoms with E-state index < -0.39 is 4.92 Å². The molecule has 0 bridgehead atoms. The molecular weight excluding hydrogens is 280 g/mol. The van der Waals surface area contributed by atoms with E-state index in [-0.39, 0.29) is 12.2 Å². The van der Waals surface area contributed by atoms with Gasteiger partial charge in [-0.15, -0.1) is 0 Å². The molecule has 0 saturated carbocycles. The molecule has 0 heterocycles. The van der Waals surface area contributed by atoms with E-state index in [1.807, 2.05) is 0 Å². The highest BCUT2D eigenvalue weighted by Crippen LogP contribution is 2.32. The van der Waals surface area contributed by atoms with Crippen LogP contribution >= 0.6 is 11.6 Å². The molecule has 0 aliphatic heterocycles. The zero-order chi connectivity index (χ0) is 14.7. The second-order valence-electron chi connectivity index (χ2n) is 4.23. The summed E-state index contributed by atoms with van der Waals surface area (Å²) in [5.74, 6) is 1.09. The predicted molar refractivity (Wildman–Crippen MR) is 77.3 cm³/mol. The Kier molecular flexibility index (Phi) is 4.22. The van der Waals surface area contributed by atoms with E-state index in [9.17, 15) is 10.1 Å². The van der Waals surface area contributed by atoms with Crippen LogP contribution in [0.1, 0.15) is 11.1 Å². The number of halogens is 1. The number of nitrogens with zero attached hydrogens (tertiary/aromatic N) is 1. The molecule has 2 aromatic carbocycles. The number of benzene rings is 2. The summed E-state index contributed by atoms with van der Waals surface area (Å²) in [6.45, 7) is 2.00. The van der Waals surface area contributed by atoms with Crippen LogP contribution in [0, 0.1) is 17.0 Å². The third-order valence-electron chi connectivity index (χ3n) is 2.87. The summed E-state index contributed by atoms with van der Waals surface area (Å²) in [7, 11) is 0. The van der Waals surface area contributed by atoms with E-state index >= 15 is 0 Å². The Labute approximate surface area is 121 Å². The molecule has 6 heteroatoms. The third-order valence-corrected chi connectivity index (χ3v) is 3.22. The SMILES string of the molecule is Cc1cc([N+](=O)[O-])ccc1Oc1cccc(Cl)c1CN. The largest absolute Gasteiger partial charge is 0.457 e. The van der Waals surface area contributed by atoms with Crippen LogP contribution in [-0.2, 0) is 6.54 Å². The molecule has 0 unspecified atom stereocenters. The van der Waals surface area contributed by atoms with Gasteiger partial charge < -0.3 is 10.5 Å². The molecule has 0 atom stereocenters. The predicted octanol–water partition coefficient (Wildman–Crippen LogP) is 3.81. The second-order valence-corrected chi connectivity index (χ2v) is 4.64. The van der Waals surface area contributed by atoms with E-state index in [1.54, 1.807) is 31.2 Å². The zero-order valence-electron chi connectivity index (χ0n) is 10.8. The second kappa shape index (κ2) is 5.90. The Bertz CT molecular complexity index is 659. The lowest BCUT2D eigenvalue weighted by molar-refractivity contribution is -0.384. The van der Waals surface area contributed by atoms with Gasteiger partial charge in [0.05, 0.1) is 4.92 Å². The summed E-state index contributed by atoms with van der Waals surface area (Å²) in [5, 5.41) is 11.2. The minimum absolute atomic E-state index is 0.0278. The van der Waals surface area contributed by atoms with Gasteiger partial charge in [-0.05, 0) is 30.7 Å². The van der Waals surface area contributed by atoms with Crippen molar-refractivity contribution in [2.45, 2.75) is 13.5 Å². The number of non-ortho nitro benzene ring substituents is 1. The number of nitro groups is 1. The topological polar surface area (TPSA) is 78.4 Å². The molecule has 2 rings (SSSR count). The van der Waals surface area contributed by atoms with Crippen molar-refractivity contribution in [1.82, 2.24) is 0 Å². The number of rotatable bonds is 4. The number of hydrogen-bond acceptors (Lipinski definition) is 4. The molecule has 20 heavy (non-hydrogen) atoms. The van der Waals surface area contributed by atoms with E-state index in [4.69, 9.17) is 22.1 Å². The van der Waals surface area contributed by atoms with Crippen LogP contribution in [0.25, 0.3) is 0 Å². The summed E-state index contributed by atoms with van der Waals surface area (Å²) < 4.78 is 5.76. The molecule has 0 fully saturated rings. The highest BCUT2D eigenvalue weighted by atomic mass is 35.5. The van der Waals surface area contributed by atoms with Crippen molar-refractivity contribution in [3.63, 3.8) is 0 Å². The molecule has 0 aliphatic carbocycles. The standard InChI is InChI=1S/C14H13ClN2O3/c1-9-7-10(17(18)19)5-6-13(9)20-14-4-2-3-12(15)11(14)8-16/h2-7H,8,16H2,1H3. The Morgan fingerprint density at radius 1 is 1.30 bits per heavy atom. The van der Waals surface area contributed by atoms with Crippen LogP contribution in [0.3, 0.4) is 0 Å². The van der Waals surface area contributed by atoms with Crippen LogP contribution in [0.4, 0.5) is 5.69 Å². The van der Waals surface area contributed by atoms with Crippen LogP contribution in [0.5, 0.6) is 11.5 Å². The van der Waals surface area contributed by atoms with E-state index in [0.717, 1.165) is 0 Å². The van der Waals surface area contributed by atoms with Crippen LogP contribution in [0.2, 0.25) is 5.02 Å². The van der Waals surface area contributed by atoms with Gasteiger partial charge in [0, 0.05) is 29.3 Å². The average molecular weight is 293 g/mol. The molecule has 2 aromatic rings. The zero-order valence-corrected chi connectivity index (χ0v) is 11.6. The fraction of sp³-hybridized carbons (Fsp3) is 0.143. The number of ether oxygens (including phenoxy) is 1. The van der Waals surface area contributed by atoms with Gasteiger partial charge in [-0.2, -0.15) is 0 Å². The van der Waals surface area contributed by atoms with E-state index in [1.165, 1.54) is 12.1 Å². The lowest BCUT2D eigenvalue weighted by atomic mass is 10.2. The van der Waals surface area contributed by atoms with Crippen molar-refractivity contribution in [2.24, 2.45) is 5.73 Å². The smallest absolute Gasteiger partial charge is 0.269 e. The maximum atomic E-state index is 10.7. The fourth-order valence-corrected chi connectivity index (χ4v) is 2.06. The van der Waals surface area contributed by atoms with Crippen molar-refractivity contribution < 1.29 is 9.66 Å². The maximum absolute atomic E-state index is 10.7. The average Bonchev–Trinajstić information content (AvgIpc) is 2.41. The molecule has 104 valence electrons. The van der Waals surface area contributed by atoms with Crippen LogP contribution in [0.15, 0.2) is 36.4 Å². The number of nitro benzene ring substituents is 1. The number of aryl methyl sites for hydroxylation is 1. The third kappa shape index (κ3) is 2.89. The van der Waals surface area contributed by atoms with E-state index in [2.05, 4.69) is 0 Å². The summed E-state index contributed by atoms with van der Waals surface area (Å²) in [5.41, 5.74) is 7.05. The fourth-order valence-electron chi connectivity index (χ4n) is 1.81. The molecule has 0 aromatic heterocycles. The van der Waals surface area contributed by atoms with Gasteiger partial charge in [-0.3, -0.25) is 10.1 Å². The lowest BCUT2D eigenvalue weighted by Crippen LogP contribution is -2.01. The number of hydrogen-bond donors (Lipinski definition) is 1. The summed E-state index contributed by atoms with van der Waals surface area (Å²) in [6, 6.07) is 9.68. The quantitative estimate of drug-likeness (QED) is 0.686. The summed E-state index contributed by atoms with van der Waals surface area (Å²) in [4.78, 5) is 10.3. The molecule has 5 nitrogen and oxygen atoms in total. The van der Waals surface area contributed by atoms with Crippen LogP contribution < -0.4 is 10.5 Å². The Hall–Kier alpha value is -2.11. The van der Waals surface area contributed by atoms with Crippen molar-refractivity contribution in [3.05, 3.63) is 62.7 Å². The first-order chi connectivity index (χ1) is 9.52. The molecule has 0 spiro atoms. The van der Waals surface area contributed by atoms with Crippen molar-refractivity contribution in [1.29, 1.82) is 0 Å². The first-order valence-corrected chi connectivity index (χ1v) is 6.31. The Morgan fingerprint density at radius 2 is 2.05 bits per heavy atom. The normalized spacial score (nSPS) is 10.3. The van der Waals surface area contributed by atoms with Gasteiger partial charge in [0.15, 0.2) is 0 Å². The van der Waals surface area contributed by atoms with Crippen LogP contribution in [-0.4, -0.2) is 4.92 Å². The van der Waals surface area contributed by atoms with Gasteiger partial charge in [-0.1, -0.05) is 17.7 Å². The monoisotopic (exact) mass is 292 g/mol. The van der Waals surface area contributed by atoms with Crippen molar-refractivity contribution >= 4 is 17.3 Å².